The first-order valence-electron chi connectivity index (χ1n) is 5.27. The molecule has 92 valence electrons. The molecule has 1 aromatic rings. The zero-order valence-electron chi connectivity index (χ0n) is 9.05. The SMILES string of the molecule is Cl.O=S(Cc1cncs1)CC1CCCNC1. The van der Waals surface area contributed by atoms with Gasteiger partial charge in [-0.25, -0.2) is 0 Å². The third kappa shape index (κ3) is 4.49. The highest BCUT2D eigenvalue weighted by Crippen LogP contribution is 2.14. The van der Waals surface area contributed by atoms with E-state index in [9.17, 15) is 4.21 Å². The molecule has 6 heteroatoms. The van der Waals surface area contributed by atoms with Gasteiger partial charge in [-0.1, -0.05) is 0 Å². The van der Waals surface area contributed by atoms with Crippen LogP contribution in [0, 0.1) is 5.92 Å². The lowest BCUT2D eigenvalue weighted by Gasteiger charge is -2.21. The van der Waals surface area contributed by atoms with Crippen LogP contribution >= 0.6 is 23.7 Å². The Balaban J connectivity index is 0.00000128. The Labute approximate surface area is 109 Å². The molecule has 1 N–H and O–H groups in total. The molecule has 0 amide bonds. The van der Waals surface area contributed by atoms with Crippen molar-refractivity contribution >= 4 is 34.5 Å². The standard InChI is InChI=1S/C10H16N2OS2.ClH/c13-15(7-10-5-12-8-14-10)6-9-2-1-3-11-4-9;/h5,8-9,11H,1-4,6-7H2;1H. The highest BCUT2D eigenvalue weighted by atomic mass is 35.5. The van der Waals surface area contributed by atoms with E-state index in [4.69, 9.17) is 0 Å². The van der Waals surface area contributed by atoms with Crippen LogP contribution in [0.3, 0.4) is 0 Å². The number of piperidine rings is 1. The van der Waals surface area contributed by atoms with Gasteiger partial charge in [-0.2, -0.15) is 0 Å². The largest absolute Gasteiger partial charge is 0.316 e. The number of aromatic nitrogens is 1. The van der Waals surface area contributed by atoms with Gasteiger partial charge in [0.25, 0.3) is 0 Å². The quantitative estimate of drug-likeness (QED) is 0.915. The molecular formula is C10H17ClN2OS2. The molecule has 1 saturated heterocycles. The van der Waals surface area contributed by atoms with Crippen molar-refractivity contribution in [2.75, 3.05) is 18.8 Å². The second-order valence-electron chi connectivity index (χ2n) is 3.93. The number of nitrogens with one attached hydrogen (secondary N) is 1. The van der Waals surface area contributed by atoms with Gasteiger partial charge >= 0.3 is 0 Å². The average Bonchev–Trinajstić information content (AvgIpc) is 2.71. The smallest absolute Gasteiger partial charge is 0.0794 e. The van der Waals surface area contributed by atoms with Gasteiger partial charge in [-0.05, 0) is 31.8 Å². The second-order valence-corrected chi connectivity index (χ2v) is 6.40. The third-order valence-corrected chi connectivity index (χ3v) is 5.05. The molecule has 2 atom stereocenters. The van der Waals surface area contributed by atoms with Gasteiger partial charge in [0.15, 0.2) is 0 Å². The monoisotopic (exact) mass is 280 g/mol. The van der Waals surface area contributed by atoms with E-state index in [-0.39, 0.29) is 12.4 Å². The molecular weight excluding hydrogens is 264 g/mol. The Morgan fingerprint density at radius 1 is 1.62 bits per heavy atom. The van der Waals surface area contributed by atoms with Crippen molar-refractivity contribution in [2.45, 2.75) is 18.6 Å². The van der Waals surface area contributed by atoms with E-state index in [1.54, 1.807) is 16.8 Å². The molecule has 1 aliphatic rings. The Kier molecular flexibility index (Phi) is 6.49. The van der Waals surface area contributed by atoms with E-state index < -0.39 is 10.8 Å². The lowest BCUT2D eigenvalue weighted by molar-refractivity contribution is 0.408. The molecule has 0 spiro atoms. The van der Waals surface area contributed by atoms with Crippen molar-refractivity contribution in [3.8, 4) is 0 Å². The summed E-state index contributed by atoms with van der Waals surface area (Å²) >= 11 is 1.59. The highest BCUT2D eigenvalue weighted by Gasteiger charge is 2.16. The Hall–Kier alpha value is 0.0300. The molecule has 16 heavy (non-hydrogen) atoms. The van der Waals surface area contributed by atoms with E-state index in [0.717, 1.165) is 23.7 Å². The summed E-state index contributed by atoms with van der Waals surface area (Å²) in [5.41, 5.74) is 1.80. The molecule has 2 rings (SSSR count). The van der Waals surface area contributed by atoms with Crippen LogP contribution in [0.2, 0.25) is 0 Å². The van der Waals surface area contributed by atoms with E-state index in [1.165, 1.54) is 12.8 Å². The van der Waals surface area contributed by atoms with Crippen molar-refractivity contribution in [1.29, 1.82) is 0 Å². The summed E-state index contributed by atoms with van der Waals surface area (Å²) in [7, 11) is -0.717. The Bertz CT molecular complexity index is 313. The maximum atomic E-state index is 11.8. The molecule has 1 fully saturated rings. The van der Waals surface area contributed by atoms with Gasteiger partial charge in [0.2, 0.25) is 0 Å². The fourth-order valence-corrected chi connectivity index (χ4v) is 4.23. The molecule has 0 aliphatic carbocycles. The van der Waals surface area contributed by atoms with Crippen molar-refractivity contribution in [3.63, 3.8) is 0 Å². The summed E-state index contributed by atoms with van der Waals surface area (Å²) in [4.78, 5) is 5.13. The van der Waals surface area contributed by atoms with E-state index in [0.29, 0.717) is 11.7 Å². The zero-order valence-corrected chi connectivity index (χ0v) is 11.5. The minimum absolute atomic E-state index is 0. The molecule has 0 bridgehead atoms. The van der Waals surface area contributed by atoms with Gasteiger partial charge in [0.05, 0.1) is 11.3 Å². The summed E-state index contributed by atoms with van der Waals surface area (Å²) in [5, 5.41) is 3.35. The first kappa shape index (κ1) is 14.1. The van der Waals surface area contributed by atoms with Gasteiger partial charge in [-0.3, -0.25) is 9.19 Å². The van der Waals surface area contributed by atoms with E-state index >= 15 is 0 Å². The molecule has 0 radical (unpaired) electrons. The predicted octanol–water partition coefficient (Wildman–Crippen LogP) is 1.81. The van der Waals surface area contributed by atoms with E-state index in [1.807, 2.05) is 6.20 Å². The number of thiazole rings is 1. The molecule has 0 saturated carbocycles. The van der Waals surface area contributed by atoms with Gasteiger partial charge in [-0.15, -0.1) is 23.7 Å². The first-order valence-corrected chi connectivity index (χ1v) is 7.64. The number of hydrogen-bond acceptors (Lipinski definition) is 4. The van der Waals surface area contributed by atoms with Crippen molar-refractivity contribution in [3.05, 3.63) is 16.6 Å². The minimum Gasteiger partial charge on any atom is -0.316 e. The topological polar surface area (TPSA) is 42.0 Å². The Morgan fingerprint density at radius 3 is 3.12 bits per heavy atom. The van der Waals surface area contributed by atoms with Crippen LogP contribution in [0.25, 0.3) is 0 Å². The number of hydrogen-bond donors (Lipinski definition) is 1. The lowest BCUT2D eigenvalue weighted by atomic mass is 10.0. The van der Waals surface area contributed by atoms with Crippen molar-refractivity contribution in [1.82, 2.24) is 10.3 Å². The fourth-order valence-electron chi connectivity index (χ4n) is 1.86. The maximum absolute atomic E-state index is 11.8. The van der Waals surface area contributed by atoms with Crippen LogP contribution in [0.4, 0.5) is 0 Å². The van der Waals surface area contributed by atoms with Crippen LogP contribution in [0.5, 0.6) is 0 Å². The average molecular weight is 281 g/mol. The van der Waals surface area contributed by atoms with Crippen LogP contribution < -0.4 is 5.32 Å². The summed E-state index contributed by atoms with van der Waals surface area (Å²) < 4.78 is 11.8. The van der Waals surface area contributed by atoms with Crippen LogP contribution in [-0.2, 0) is 16.6 Å². The lowest BCUT2D eigenvalue weighted by Crippen LogP contribution is -2.32. The van der Waals surface area contributed by atoms with Crippen LogP contribution in [0.1, 0.15) is 17.7 Å². The van der Waals surface area contributed by atoms with Crippen LogP contribution in [-0.4, -0.2) is 28.0 Å². The molecule has 0 aromatic carbocycles. The maximum Gasteiger partial charge on any atom is 0.0794 e. The van der Waals surface area contributed by atoms with Gasteiger partial charge < -0.3 is 5.32 Å². The third-order valence-electron chi connectivity index (χ3n) is 2.61. The zero-order chi connectivity index (χ0) is 10.5. The summed E-state index contributed by atoms with van der Waals surface area (Å²) in [6, 6.07) is 0. The molecule has 2 unspecified atom stereocenters. The summed E-state index contributed by atoms with van der Waals surface area (Å²) in [6.07, 6.45) is 4.27. The normalized spacial score (nSPS) is 22.4. The molecule has 2 heterocycles. The predicted molar refractivity (Wildman–Crippen MR) is 71.7 cm³/mol. The van der Waals surface area contributed by atoms with Gasteiger partial charge in [0, 0.05) is 27.6 Å². The fraction of sp³-hybridized carbons (Fsp3) is 0.700. The number of nitrogens with zero attached hydrogens (tertiary/aromatic N) is 1. The van der Waals surface area contributed by atoms with Crippen molar-refractivity contribution in [2.24, 2.45) is 5.92 Å². The van der Waals surface area contributed by atoms with Crippen molar-refractivity contribution < 1.29 is 4.21 Å². The molecule has 1 aliphatic heterocycles. The van der Waals surface area contributed by atoms with Crippen LogP contribution in [0.15, 0.2) is 11.7 Å². The number of rotatable bonds is 4. The molecule has 3 nitrogen and oxygen atoms in total. The van der Waals surface area contributed by atoms with Gasteiger partial charge in [0.1, 0.15) is 0 Å². The first-order chi connectivity index (χ1) is 7.34. The number of halogens is 1. The summed E-state index contributed by atoms with van der Waals surface area (Å²) in [5.74, 6) is 2.12. The second kappa shape index (κ2) is 7.37. The van der Waals surface area contributed by atoms with E-state index in [2.05, 4.69) is 10.3 Å². The minimum atomic E-state index is -0.717. The summed E-state index contributed by atoms with van der Waals surface area (Å²) in [6.45, 7) is 2.16. The Morgan fingerprint density at radius 2 is 2.50 bits per heavy atom. The molecule has 1 aromatic heterocycles. The highest BCUT2D eigenvalue weighted by molar-refractivity contribution is 7.84.